The van der Waals surface area contributed by atoms with Gasteiger partial charge in [0.2, 0.25) is 0 Å². The van der Waals surface area contributed by atoms with E-state index >= 15 is 0 Å². The average Bonchev–Trinajstić information content (AvgIpc) is 2.48. The standard InChI is InChI=1S/C13H16N4O4/c18-13(10-16-5-7-21-8-6-16)15-14-9-11-3-1-2-4-12(11)17(19)20/h1-4,9H,5-8,10H2,(H,15,18)/p+1. The molecule has 1 heterocycles. The van der Waals surface area contributed by atoms with Gasteiger partial charge in [-0.2, -0.15) is 5.10 Å². The number of hydrogen-bond donors (Lipinski definition) is 2. The highest BCUT2D eigenvalue weighted by molar-refractivity contribution is 5.86. The molecule has 0 unspecified atom stereocenters. The van der Waals surface area contributed by atoms with Gasteiger partial charge in [0.1, 0.15) is 13.1 Å². The number of quaternary nitrogens is 1. The quantitative estimate of drug-likeness (QED) is 0.411. The molecule has 1 fully saturated rings. The van der Waals surface area contributed by atoms with Crippen molar-refractivity contribution in [2.75, 3.05) is 32.8 Å². The van der Waals surface area contributed by atoms with Crippen molar-refractivity contribution in [1.82, 2.24) is 5.43 Å². The summed E-state index contributed by atoms with van der Waals surface area (Å²) in [5.74, 6) is -0.221. The first kappa shape index (κ1) is 15.1. The first-order valence-electron chi connectivity index (χ1n) is 6.63. The molecule has 0 saturated carbocycles. The third kappa shape index (κ3) is 4.62. The van der Waals surface area contributed by atoms with Gasteiger partial charge in [0.05, 0.1) is 29.9 Å². The van der Waals surface area contributed by atoms with Gasteiger partial charge in [0.25, 0.3) is 11.6 Å². The van der Waals surface area contributed by atoms with Crippen LogP contribution in [-0.4, -0.2) is 49.9 Å². The number of para-hydroxylation sites is 1. The van der Waals surface area contributed by atoms with E-state index in [1.165, 1.54) is 12.3 Å². The Kier molecular flexibility index (Phi) is 5.35. The molecule has 0 spiro atoms. The Balaban J connectivity index is 1.87. The van der Waals surface area contributed by atoms with Gasteiger partial charge in [-0.25, -0.2) is 5.43 Å². The number of nitro groups is 1. The molecule has 112 valence electrons. The Morgan fingerprint density at radius 2 is 2.14 bits per heavy atom. The number of ether oxygens (including phenoxy) is 1. The van der Waals surface area contributed by atoms with Crippen LogP contribution >= 0.6 is 0 Å². The molecular weight excluding hydrogens is 276 g/mol. The molecule has 1 amide bonds. The Bertz CT molecular complexity index is 541. The minimum atomic E-state index is -0.485. The summed E-state index contributed by atoms with van der Waals surface area (Å²) in [5, 5.41) is 14.6. The van der Waals surface area contributed by atoms with Crippen LogP contribution in [0.25, 0.3) is 0 Å². The van der Waals surface area contributed by atoms with Crippen LogP contribution in [-0.2, 0) is 9.53 Å². The van der Waals surface area contributed by atoms with Crippen LogP contribution in [0.1, 0.15) is 5.56 Å². The van der Waals surface area contributed by atoms with Crippen molar-refractivity contribution in [2.45, 2.75) is 0 Å². The predicted octanol–water partition coefficient (Wildman–Crippen LogP) is -1.04. The summed E-state index contributed by atoms with van der Waals surface area (Å²) in [4.78, 5) is 23.2. The topological polar surface area (TPSA) is 98.3 Å². The van der Waals surface area contributed by atoms with Crippen molar-refractivity contribution in [2.24, 2.45) is 5.10 Å². The van der Waals surface area contributed by atoms with Crippen molar-refractivity contribution in [3.8, 4) is 0 Å². The van der Waals surface area contributed by atoms with E-state index in [1.54, 1.807) is 18.2 Å². The molecule has 1 saturated heterocycles. The Hall–Kier alpha value is -2.32. The highest BCUT2D eigenvalue weighted by atomic mass is 16.6. The fourth-order valence-corrected chi connectivity index (χ4v) is 2.04. The van der Waals surface area contributed by atoms with Gasteiger partial charge in [0.15, 0.2) is 6.54 Å². The van der Waals surface area contributed by atoms with Gasteiger partial charge in [-0.3, -0.25) is 14.9 Å². The van der Waals surface area contributed by atoms with Gasteiger partial charge in [-0.15, -0.1) is 0 Å². The second-order valence-electron chi connectivity index (χ2n) is 4.65. The lowest BCUT2D eigenvalue weighted by Gasteiger charge is -2.22. The molecule has 1 aromatic rings. The predicted molar refractivity (Wildman–Crippen MR) is 75.2 cm³/mol. The van der Waals surface area contributed by atoms with Crippen LogP contribution in [0.3, 0.4) is 0 Å². The van der Waals surface area contributed by atoms with Crippen LogP contribution < -0.4 is 10.3 Å². The molecule has 0 bridgehead atoms. The smallest absolute Gasteiger partial charge is 0.295 e. The van der Waals surface area contributed by atoms with E-state index in [2.05, 4.69) is 10.5 Å². The van der Waals surface area contributed by atoms with Gasteiger partial charge in [0, 0.05) is 6.07 Å². The van der Waals surface area contributed by atoms with E-state index in [0.717, 1.165) is 18.0 Å². The number of nitrogens with zero attached hydrogens (tertiary/aromatic N) is 2. The molecule has 1 aliphatic rings. The average molecular weight is 293 g/mol. The number of amides is 1. The maximum atomic E-state index is 11.7. The molecule has 2 N–H and O–H groups in total. The number of hydrogen-bond acceptors (Lipinski definition) is 5. The molecule has 0 radical (unpaired) electrons. The van der Waals surface area contributed by atoms with E-state index in [4.69, 9.17) is 4.74 Å². The summed E-state index contributed by atoms with van der Waals surface area (Å²) < 4.78 is 5.21. The lowest BCUT2D eigenvalue weighted by atomic mass is 10.2. The van der Waals surface area contributed by atoms with Gasteiger partial charge < -0.3 is 9.64 Å². The Morgan fingerprint density at radius 3 is 2.86 bits per heavy atom. The lowest BCUT2D eigenvalue weighted by Crippen LogP contribution is -3.15. The van der Waals surface area contributed by atoms with Gasteiger partial charge >= 0.3 is 0 Å². The maximum absolute atomic E-state index is 11.7. The number of carbonyl (C=O) groups is 1. The van der Waals surface area contributed by atoms with Crippen molar-refractivity contribution < 1.29 is 19.4 Å². The van der Waals surface area contributed by atoms with E-state index in [0.29, 0.717) is 25.3 Å². The largest absolute Gasteiger partial charge is 0.370 e. The second kappa shape index (κ2) is 7.46. The molecule has 0 atom stereocenters. The number of hydrazone groups is 1. The minimum Gasteiger partial charge on any atom is -0.370 e. The maximum Gasteiger partial charge on any atom is 0.295 e. The molecule has 0 aromatic heterocycles. The molecule has 8 heteroatoms. The molecule has 8 nitrogen and oxygen atoms in total. The second-order valence-corrected chi connectivity index (χ2v) is 4.65. The van der Waals surface area contributed by atoms with Crippen molar-refractivity contribution in [3.63, 3.8) is 0 Å². The normalized spacial score (nSPS) is 16.0. The summed E-state index contributed by atoms with van der Waals surface area (Å²) in [6, 6.07) is 6.21. The van der Waals surface area contributed by atoms with E-state index in [-0.39, 0.29) is 11.6 Å². The SMILES string of the molecule is O=C(C[NH+]1CCOCC1)NN=Cc1ccccc1[N+](=O)[O-]. The third-order valence-corrected chi connectivity index (χ3v) is 3.14. The first-order valence-corrected chi connectivity index (χ1v) is 6.63. The highest BCUT2D eigenvalue weighted by Crippen LogP contribution is 2.14. The molecule has 1 aliphatic heterocycles. The summed E-state index contributed by atoms with van der Waals surface area (Å²) >= 11 is 0. The summed E-state index contributed by atoms with van der Waals surface area (Å²) in [5.41, 5.74) is 2.69. The fraction of sp³-hybridized carbons (Fsp3) is 0.385. The highest BCUT2D eigenvalue weighted by Gasteiger charge is 2.17. The van der Waals surface area contributed by atoms with Crippen molar-refractivity contribution in [1.29, 1.82) is 0 Å². The van der Waals surface area contributed by atoms with Crippen molar-refractivity contribution >= 4 is 17.8 Å². The molecule has 2 rings (SSSR count). The molecule has 1 aromatic carbocycles. The number of benzene rings is 1. The monoisotopic (exact) mass is 293 g/mol. The van der Waals surface area contributed by atoms with E-state index < -0.39 is 4.92 Å². The van der Waals surface area contributed by atoms with Crippen LogP contribution in [0.4, 0.5) is 5.69 Å². The number of morpholine rings is 1. The van der Waals surface area contributed by atoms with Crippen LogP contribution in [0.2, 0.25) is 0 Å². The summed E-state index contributed by atoms with van der Waals surface area (Å²) in [6.07, 6.45) is 1.28. The number of nitrogens with one attached hydrogen (secondary N) is 2. The van der Waals surface area contributed by atoms with Crippen molar-refractivity contribution in [3.05, 3.63) is 39.9 Å². The summed E-state index contributed by atoms with van der Waals surface area (Å²) in [7, 11) is 0. The number of nitro benzene ring substituents is 1. The van der Waals surface area contributed by atoms with Crippen LogP contribution in [0, 0.1) is 10.1 Å². The third-order valence-electron chi connectivity index (χ3n) is 3.14. The number of rotatable bonds is 5. The molecular formula is C13H17N4O4+. The fourth-order valence-electron chi connectivity index (χ4n) is 2.04. The zero-order chi connectivity index (χ0) is 15.1. The Morgan fingerprint density at radius 1 is 1.43 bits per heavy atom. The van der Waals surface area contributed by atoms with E-state index in [9.17, 15) is 14.9 Å². The van der Waals surface area contributed by atoms with Gasteiger partial charge in [-0.1, -0.05) is 12.1 Å². The van der Waals surface area contributed by atoms with E-state index in [1.807, 2.05) is 0 Å². The van der Waals surface area contributed by atoms with Gasteiger partial charge in [-0.05, 0) is 6.07 Å². The van der Waals surface area contributed by atoms with Crippen LogP contribution in [0.5, 0.6) is 0 Å². The zero-order valence-corrected chi connectivity index (χ0v) is 11.4. The molecule has 0 aliphatic carbocycles. The summed E-state index contributed by atoms with van der Waals surface area (Å²) in [6.45, 7) is 3.21. The molecule has 21 heavy (non-hydrogen) atoms. The number of carbonyl (C=O) groups excluding carboxylic acids is 1. The first-order chi connectivity index (χ1) is 10.2. The minimum absolute atomic E-state index is 0.0469. The lowest BCUT2D eigenvalue weighted by molar-refractivity contribution is -0.900. The van der Waals surface area contributed by atoms with Crippen LogP contribution in [0.15, 0.2) is 29.4 Å². The zero-order valence-electron chi connectivity index (χ0n) is 11.4. The Labute approximate surface area is 121 Å².